The Balaban J connectivity index is 0.00000180. The van der Waals surface area contributed by atoms with Crippen LogP contribution >= 0.6 is 0 Å². The zero-order valence-corrected chi connectivity index (χ0v) is 16.2. The molecule has 132 valence electrons. The summed E-state index contributed by atoms with van der Waals surface area (Å²) >= 11 is 0. The molecule has 4 nitrogen and oxygen atoms in total. The van der Waals surface area contributed by atoms with Gasteiger partial charge < -0.3 is 9.47 Å². The first-order chi connectivity index (χ1) is 12.8. The van der Waals surface area contributed by atoms with Crippen LogP contribution in [0, 0.1) is 12.1 Å². The van der Waals surface area contributed by atoms with Crippen LogP contribution < -0.4 is 9.47 Å². The van der Waals surface area contributed by atoms with Crippen molar-refractivity contribution in [3.63, 3.8) is 0 Å². The van der Waals surface area contributed by atoms with Crippen molar-refractivity contribution in [3.8, 4) is 45.8 Å². The Kier molecular flexibility index (Phi) is 4.74. The van der Waals surface area contributed by atoms with Crippen molar-refractivity contribution in [2.45, 2.75) is 0 Å². The van der Waals surface area contributed by atoms with Crippen molar-refractivity contribution in [2.24, 2.45) is 0 Å². The molecule has 0 fully saturated rings. The molecule has 27 heavy (non-hydrogen) atoms. The van der Waals surface area contributed by atoms with E-state index in [1.54, 1.807) is 0 Å². The summed E-state index contributed by atoms with van der Waals surface area (Å²) in [5.41, 5.74) is 3.14. The summed E-state index contributed by atoms with van der Waals surface area (Å²) in [6, 6.07) is 29.1. The molecule has 5 rings (SSSR count). The maximum absolute atomic E-state index is 5.91. The average Bonchev–Trinajstić information content (AvgIpc) is 2.68. The predicted octanol–water partition coefficient (Wildman–Crippen LogP) is 5.31. The van der Waals surface area contributed by atoms with Gasteiger partial charge in [0, 0.05) is 11.5 Å². The molecule has 0 N–H and O–H groups in total. The van der Waals surface area contributed by atoms with Gasteiger partial charge in [0.1, 0.15) is 0 Å². The zero-order chi connectivity index (χ0) is 17.3. The van der Waals surface area contributed by atoms with Crippen LogP contribution in [-0.4, -0.2) is 9.97 Å². The molecular formula is C22H12N2O2Pt. The van der Waals surface area contributed by atoms with Gasteiger partial charge in [-0.2, -0.15) is 0 Å². The number of ether oxygens (including phenoxy) is 2. The summed E-state index contributed by atoms with van der Waals surface area (Å²) in [6.45, 7) is 0. The van der Waals surface area contributed by atoms with Gasteiger partial charge in [-0.15, -0.1) is 47.5 Å². The molecule has 2 aromatic heterocycles. The fourth-order valence-corrected chi connectivity index (χ4v) is 2.78. The van der Waals surface area contributed by atoms with Crippen LogP contribution in [-0.2, 0) is 21.1 Å². The molecule has 0 aliphatic carbocycles. The topological polar surface area (TPSA) is 44.2 Å². The number of pyridine rings is 2. The average molecular weight is 531 g/mol. The Morgan fingerprint density at radius 1 is 0.556 bits per heavy atom. The van der Waals surface area contributed by atoms with Gasteiger partial charge in [0.05, 0.1) is 0 Å². The van der Waals surface area contributed by atoms with Crippen molar-refractivity contribution >= 4 is 0 Å². The van der Waals surface area contributed by atoms with E-state index < -0.39 is 0 Å². The van der Waals surface area contributed by atoms with Crippen molar-refractivity contribution < 1.29 is 30.5 Å². The normalized spacial score (nSPS) is 11.3. The van der Waals surface area contributed by atoms with E-state index in [9.17, 15) is 0 Å². The molecule has 4 aromatic rings. The SMILES string of the molecule is [Pt+2].[c-]1c2cccc1-c1cccc(n1)Oc1[c-]c(ccc1)-c1cccc(n1)O2. The van der Waals surface area contributed by atoms with Crippen LogP contribution in [0.2, 0.25) is 0 Å². The van der Waals surface area contributed by atoms with E-state index in [1.165, 1.54) is 0 Å². The Morgan fingerprint density at radius 3 is 1.48 bits per heavy atom. The summed E-state index contributed by atoms with van der Waals surface area (Å²) in [5, 5.41) is 0. The largest absolute Gasteiger partial charge is 2.00 e. The van der Waals surface area contributed by atoms with E-state index >= 15 is 0 Å². The molecule has 8 bridgehead atoms. The minimum Gasteiger partial charge on any atom is -0.460 e. The van der Waals surface area contributed by atoms with E-state index in [4.69, 9.17) is 9.47 Å². The third-order valence-corrected chi connectivity index (χ3v) is 3.96. The minimum absolute atomic E-state index is 0. The standard InChI is InChI=1S/C22H12N2O2.Pt/c1-5-15-13-17(7-1)25-21-11-4-10-20(24-21)16-6-2-8-18(14-16)26-22-12-3-9-19(15)23-22;/h1-12H;/q-2;+2. The predicted molar refractivity (Wildman–Crippen MR) is 97.2 cm³/mol. The van der Waals surface area contributed by atoms with Gasteiger partial charge in [0.2, 0.25) is 11.8 Å². The van der Waals surface area contributed by atoms with Gasteiger partial charge in [0.15, 0.2) is 0 Å². The van der Waals surface area contributed by atoms with E-state index in [0.29, 0.717) is 23.3 Å². The fourth-order valence-electron chi connectivity index (χ4n) is 2.78. The summed E-state index contributed by atoms with van der Waals surface area (Å²) in [6.07, 6.45) is 0. The molecule has 1 aliphatic heterocycles. The molecule has 0 saturated heterocycles. The third kappa shape index (κ3) is 3.62. The quantitative estimate of drug-likeness (QED) is 0.254. The first-order valence-electron chi connectivity index (χ1n) is 8.19. The van der Waals surface area contributed by atoms with Crippen LogP contribution in [0.5, 0.6) is 23.3 Å². The van der Waals surface area contributed by atoms with E-state index in [0.717, 1.165) is 22.5 Å². The number of fused-ring (bicyclic) bond motifs is 10. The maximum Gasteiger partial charge on any atom is 2.00 e. The van der Waals surface area contributed by atoms with Crippen molar-refractivity contribution in [3.05, 3.63) is 84.9 Å². The van der Waals surface area contributed by atoms with E-state index in [2.05, 4.69) is 22.1 Å². The second-order valence-electron chi connectivity index (χ2n) is 5.78. The Bertz CT molecular complexity index is 938. The van der Waals surface area contributed by atoms with Gasteiger partial charge in [0.25, 0.3) is 0 Å². The summed E-state index contributed by atoms with van der Waals surface area (Å²) in [7, 11) is 0. The summed E-state index contributed by atoms with van der Waals surface area (Å²) in [5.74, 6) is 2.15. The van der Waals surface area contributed by atoms with Crippen LogP contribution in [0.4, 0.5) is 0 Å². The maximum atomic E-state index is 5.91. The molecular weight excluding hydrogens is 519 g/mol. The van der Waals surface area contributed by atoms with Crippen LogP contribution in [0.1, 0.15) is 0 Å². The number of rotatable bonds is 0. The number of benzene rings is 2. The van der Waals surface area contributed by atoms with Gasteiger partial charge in [-0.05, 0) is 23.5 Å². The number of hydrogen-bond donors (Lipinski definition) is 0. The smallest absolute Gasteiger partial charge is 0.460 e. The summed E-state index contributed by atoms with van der Waals surface area (Å²) in [4.78, 5) is 9.14. The summed E-state index contributed by atoms with van der Waals surface area (Å²) < 4.78 is 11.8. The van der Waals surface area contributed by atoms with E-state index in [1.807, 2.05) is 72.8 Å². The van der Waals surface area contributed by atoms with Crippen molar-refractivity contribution in [2.75, 3.05) is 0 Å². The van der Waals surface area contributed by atoms with Crippen LogP contribution in [0.15, 0.2) is 72.8 Å². The molecule has 0 saturated carbocycles. The molecule has 2 aromatic carbocycles. The van der Waals surface area contributed by atoms with Gasteiger partial charge in [-0.25, -0.2) is 0 Å². The number of nitrogens with zero attached hydrogens (tertiary/aromatic N) is 2. The Morgan fingerprint density at radius 2 is 1.00 bits per heavy atom. The molecule has 0 spiro atoms. The molecule has 3 heterocycles. The molecule has 0 atom stereocenters. The van der Waals surface area contributed by atoms with Gasteiger partial charge in [-0.3, -0.25) is 9.97 Å². The monoisotopic (exact) mass is 531 g/mol. The van der Waals surface area contributed by atoms with Crippen molar-refractivity contribution in [1.82, 2.24) is 9.97 Å². The number of hydrogen-bond acceptors (Lipinski definition) is 4. The van der Waals surface area contributed by atoms with Crippen LogP contribution in [0.25, 0.3) is 22.5 Å². The second-order valence-corrected chi connectivity index (χ2v) is 5.78. The molecule has 0 amide bonds. The zero-order valence-electron chi connectivity index (χ0n) is 14.0. The van der Waals surface area contributed by atoms with Crippen molar-refractivity contribution in [1.29, 1.82) is 0 Å². The molecule has 1 aliphatic rings. The van der Waals surface area contributed by atoms with E-state index in [-0.39, 0.29) is 21.1 Å². The van der Waals surface area contributed by atoms with Gasteiger partial charge in [-0.1, -0.05) is 36.4 Å². The Labute approximate surface area is 171 Å². The second kappa shape index (κ2) is 7.34. The molecule has 0 radical (unpaired) electrons. The Hall–Kier alpha value is -2.97. The molecule has 5 heteroatoms. The third-order valence-electron chi connectivity index (χ3n) is 3.96. The fraction of sp³-hybridized carbons (Fsp3) is 0. The van der Waals surface area contributed by atoms with Crippen LogP contribution in [0.3, 0.4) is 0 Å². The number of aromatic nitrogens is 2. The van der Waals surface area contributed by atoms with Gasteiger partial charge >= 0.3 is 21.1 Å². The molecule has 0 unspecified atom stereocenters. The minimum atomic E-state index is 0. The first-order valence-corrected chi connectivity index (χ1v) is 8.19. The first kappa shape index (κ1) is 17.4.